The van der Waals surface area contributed by atoms with Crippen LogP contribution in [0.15, 0.2) is 16.5 Å². The maximum absolute atomic E-state index is 11.6. The number of halogens is 1. The molecule has 0 radical (unpaired) electrons. The topological polar surface area (TPSA) is 88.8 Å². The van der Waals surface area contributed by atoms with Crippen molar-refractivity contribution in [2.24, 2.45) is 0 Å². The van der Waals surface area contributed by atoms with Gasteiger partial charge in [0.05, 0.1) is 6.10 Å². The van der Waals surface area contributed by atoms with Gasteiger partial charge in [0, 0.05) is 6.54 Å². The first-order valence-corrected chi connectivity index (χ1v) is 5.86. The molecule has 2 N–H and O–H groups in total. The number of rotatable bonds is 4. The Bertz CT molecular complexity index is 458. The third kappa shape index (κ3) is 3.02. The van der Waals surface area contributed by atoms with E-state index in [1.807, 2.05) is 0 Å². The first-order valence-electron chi connectivity index (χ1n) is 5.48. The predicted molar refractivity (Wildman–Crippen MR) is 61.6 cm³/mol. The van der Waals surface area contributed by atoms with Crippen LogP contribution < -0.4 is 5.32 Å². The number of aliphatic carboxylic acids is 1. The van der Waals surface area contributed by atoms with Gasteiger partial charge in [0.15, 0.2) is 17.1 Å². The largest absolute Gasteiger partial charge is 0.479 e. The number of ether oxygens (including phenoxy) is 1. The quantitative estimate of drug-likeness (QED) is 0.863. The van der Waals surface area contributed by atoms with Crippen LogP contribution in [0, 0.1) is 0 Å². The van der Waals surface area contributed by atoms with E-state index in [4.69, 9.17) is 25.9 Å². The summed E-state index contributed by atoms with van der Waals surface area (Å²) in [5.74, 6) is -1.25. The zero-order valence-corrected chi connectivity index (χ0v) is 10.1. The second-order valence-electron chi connectivity index (χ2n) is 3.98. The molecule has 2 rings (SSSR count). The highest BCUT2D eigenvalue weighted by molar-refractivity contribution is 6.29. The average Bonchev–Trinajstić information content (AvgIpc) is 2.94. The summed E-state index contributed by atoms with van der Waals surface area (Å²) in [6.07, 6.45) is 0.0175. The van der Waals surface area contributed by atoms with E-state index in [-0.39, 0.29) is 23.6 Å². The molecule has 0 saturated carbocycles. The van der Waals surface area contributed by atoms with E-state index in [0.717, 1.165) is 0 Å². The standard InChI is InChI=1S/C11H12ClNO5/c12-9-4-3-7(18-9)10(14)13-5-6-1-2-8(17-6)11(15)16/h3-4,6,8H,1-2,5H2,(H,13,14)(H,15,16). The van der Waals surface area contributed by atoms with E-state index in [0.29, 0.717) is 12.8 Å². The lowest BCUT2D eigenvalue weighted by Crippen LogP contribution is -2.32. The number of furan rings is 1. The van der Waals surface area contributed by atoms with Gasteiger partial charge >= 0.3 is 5.97 Å². The lowest BCUT2D eigenvalue weighted by molar-refractivity contribution is -0.149. The molecule has 18 heavy (non-hydrogen) atoms. The van der Waals surface area contributed by atoms with Crippen molar-refractivity contribution in [3.05, 3.63) is 23.1 Å². The first kappa shape index (κ1) is 12.9. The Kier molecular flexibility index (Phi) is 3.88. The summed E-state index contributed by atoms with van der Waals surface area (Å²) in [4.78, 5) is 22.3. The van der Waals surface area contributed by atoms with Crippen molar-refractivity contribution < 1.29 is 23.8 Å². The zero-order valence-electron chi connectivity index (χ0n) is 9.39. The molecule has 6 nitrogen and oxygen atoms in total. The van der Waals surface area contributed by atoms with Crippen LogP contribution in [-0.2, 0) is 9.53 Å². The van der Waals surface area contributed by atoms with Crippen LogP contribution in [-0.4, -0.2) is 35.7 Å². The van der Waals surface area contributed by atoms with Gasteiger partial charge in [0.1, 0.15) is 0 Å². The Hall–Kier alpha value is -1.53. The van der Waals surface area contributed by atoms with E-state index < -0.39 is 18.0 Å². The highest BCUT2D eigenvalue weighted by Crippen LogP contribution is 2.19. The van der Waals surface area contributed by atoms with Crippen molar-refractivity contribution in [3.63, 3.8) is 0 Å². The Balaban J connectivity index is 1.79. The van der Waals surface area contributed by atoms with E-state index in [2.05, 4.69) is 5.32 Å². The molecule has 1 amide bonds. The molecule has 1 aromatic heterocycles. The van der Waals surface area contributed by atoms with Crippen molar-refractivity contribution in [3.8, 4) is 0 Å². The van der Waals surface area contributed by atoms with Gasteiger partial charge in [-0.15, -0.1) is 0 Å². The van der Waals surface area contributed by atoms with E-state index in [9.17, 15) is 9.59 Å². The third-order valence-electron chi connectivity index (χ3n) is 2.67. The summed E-state index contributed by atoms with van der Waals surface area (Å²) in [6.45, 7) is 0.251. The molecule has 0 aliphatic carbocycles. The molecule has 98 valence electrons. The Morgan fingerprint density at radius 1 is 1.44 bits per heavy atom. The van der Waals surface area contributed by atoms with Gasteiger partial charge in [0.2, 0.25) is 0 Å². The lowest BCUT2D eigenvalue weighted by atomic mass is 10.2. The van der Waals surface area contributed by atoms with Crippen LogP contribution in [0.1, 0.15) is 23.4 Å². The molecule has 1 aliphatic rings. The van der Waals surface area contributed by atoms with Crippen molar-refractivity contribution in [1.82, 2.24) is 5.32 Å². The molecule has 1 fully saturated rings. The number of amides is 1. The normalized spacial score (nSPS) is 22.9. The molecule has 0 spiro atoms. The molecule has 1 saturated heterocycles. The number of hydrogen-bond donors (Lipinski definition) is 2. The van der Waals surface area contributed by atoms with Crippen LogP contribution in [0.3, 0.4) is 0 Å². The van der Waals surface area contributed by atoms with Gasteiger partial charge in [0.25, 0.3) is 5.91 Å². The first-order chi connectivity index (χ1) is 8.56. The van der Waals surface area contributed by atoms with Gasteiger partial charge in [-0.2, -0.15) is 0 Å². The molecule has 1 aliphatic heterocycles. The second kappa shape index (κ2) is 5.41. The molecule has 2 heterocycles. The van der Waals surface area contributed by atoms with Crippen LogP contribution in [0.2, 0.25) is 5.22 Å². The van der Waals surface area contributed by atoms with Crippen LogP contribution in [0.25, 0.3) is 0 Å². The molecule has 1 aromatic rings. The number of nitrogens with one attached hydrogen (secondary N) is 1. The maximum atomic E-state index is 11.6. The highest BCUT2D eigenvalue weighted by Gasteiger charge is 2.30. The van der Waals surface area contributed by atoms with E-state index in [1.54, 1.807) is 0 Å². The summed E-state index contributed by atoms with van der Waals surface area (Å²) in [5, 5.41) is 11.5. The minimum atomic E-state index is -0.971. The Labute approximate surface area is 108 Å². The number of carbonyl (C=O) groups is 2. The van der Waals surface area contributed by atoms with Crippen LogP contribution in [0.4, 0.5) is 0 Å². The summed E-state index contributed by atoms with van der Waals surface area (Å²) in [7, 11) is 0. The van der Waals surface area contributed by atoms with Gasteiger partial charge in [-0.05, 0) is 36.6 Å². The highest BCUT2D eigenvalue weighted by atomic mass is 35.5. The van der Waals surface area contributed by atoms with Gasteiger partial charge in [-0.1, -0.05) is 0 Å². The van der Waals surface area contributed by atoms with Crippen molar-refractivity contribution in [1.29, 1.82) is 0 Å². The number of hydrogen-bond acceptors (Lipinski definition) is 4. The molecule has 0 bridgehead atoms. The molecular formula is C11H12ClNO5. The maximum Gasteiger partial charge on any atom is 0.332 e. The SMILES string of the molecule is O=C(NCC1CCC(C(=O)O)O1)c1ccc(Cl)o1. The summed E-state index contributed by atoms with van der Waals surface area (Å²) in [6, 6.07) is 2.94. The van der Waals surface area contributed by atoms with E-state index >= 15 is 0 Å². The van der Waals surface area contributed by atoms with Crippen LogP contribution >= 0.6 is 11.6 Å². The van der Waals surface area contributed by atoms with Crippen molar-refractivity contribution in [2.45, 2.75) is 25.0 Å². The van der Waals surface area contributed by atoms with Gasteiger partial charge in [-0.3, -0.25) is 4.79 Å². The third-order valence-corrected chi connectivity index (χ3v) is 2.87. The van der Waals surface area contributed by atoms with Crippen molar-refractivity contribution in [2.75, 3.05) is 6.54 Å². The van der Waals surface area contributed by atoms with E-state index in [1.165, 1.54) is 12.1 Å². The Morgan fingerprint density at radius 3 is 2.78 bits per heavy atom. The fraction of sp³-hybridized carbons (Fsp3) is 0.455. The summed E-state index contributed by atoms with van der Waals surface area (Å²) >= 11 is 5.55. The fourth-order valence-electron chi connectivity index (χ4n) is 1.77. The number of carbonyl (C=O) groups excluding carboxylic acids is 1. The lowest BCUT2D eigenvalue weighted by Gasteiger charge is -2.11. The average molecular weight is 274 g/mol. The summed E-state index contributed by atoms with van der Waals surface area (Å²) < 4.78 is 10.2. The minimum Gasteiger partial charge on any atom is -0.479 e. The van der Waals surface area contributed by atoms with Gasteiger partial charge in [-0.25, -0.2) is 4.79 Å². The Morgan fingerprint density at radius 2 is 2.22 bits per heavy atom. The zero-order chi connectivity index (χ0) is 13.1. The molecule has 2 unspecified atom stereocenters. The molecular weight excluding hydrogens is 262 g/mol. The smallest absolute Gasteiger partial charge is 0.332 e. The monoisotopic (exact) mass is 273 g/mol. The van der Waals surface area contributed by atoms with Crippen LogP contribution in [0.5, 0.6) is 0 Å². The number of carboxylic acids is 1. The summed E-state index contributed by atoms with van der Waals surface area (Å²) in [5.41, 5.74) is 0. The number of carboxylic acid groups (broad SMARTS) is 1. The van der Waals surface area contributed by atoms with Gasteiger partial charge < -0.3 is 19.6 Å². The molecule has 7 heteroatoms. The van der Waals surface area contributed by atoms with Crippen molar-refractivity contribution >= 4 is 23.5 Å². The predicted octanol–water partition coefficient (Wildman–Crippen LogP) is 1.29. The molecule has 0 aromatic carbocycles. The second-order valence-corrected chi connectivity index (χ2v) is 4.35. The fourth-order valence-corrected chi connectivity index (χ4v) is 1.91. The molecule has 2 atom stereocenters. The minimum absolute atomic E-state index is 0.118.